The van der Waals surface area contributed by atoms with Crippen LogP contribution in [-0.2, 0) is 9.59 Å². The first-order chi connectivity index (χ1) is 15.5. The maximum absolute atomic E-state index is 11.9. The average molecular weight is 443 g/mol. The van der Waals surface area contributed by atoms with Gasteiger partial charge in [-0.05, 0) is 43.9 Å². The van der Waals surface area contributed by atoms with Gasteiger partial charge < -0.3 is 14.7 Å². The van der Waals surface area contributed by atoms with Gasteiger partial charge in [0.25, 0.3) is 0 Å². The van der Waals surface area contributed by atoms with Crippen molar-refractivity contribution in [3.05, 3.63) is 30.6 Å². The van der Waals surface area contributed by atoms with Gasteiger partial charge in [0.15, 0.2) is 0 Å². The fourth-order valence-corrected chi connectivity index (χ4v) is 4.31. The molecule has 1 fully saturated rings. The molecule has 8 nitrogen and oxygen atoms in total. The van der Waals surface area contributed by atoms with Crippen molar-refractivity contribution in [3.63, 3.8) is 0 Å². The molecule has 0 aliphatic carbocycles. The number of piperidine rings is 1. The van der Waals surface area contributed by atoms with Crippen LogP contribution in [0, 0.1) is 5.41 Å². The van der Waals surface area contributed by atoms with Gasteiger partial charge >= 0.3 is 5.97 Å². The minimum Gasteiger partial charge on any atom is -0.492 e. The summed E-state index contributed by atoms with van der Waals surface area (Å²) in [6.45, 7) is 3.33. The Balaban J connectivity index is 1.24. The van der Waals surface area contributed by atoms with Crippen LogP contribution in [0.4, 0.5) is 0 Å². The number of amides is 1. The summed E-state index contributed by atoms with van der Waals surface area (Å²) >= 11 is 0. The van der Waals surface area contributed by atoms with Crippen LogP contribution in [0.5, 0.6) is 5.75 Å². The van der Waals surface area contributed by atoms with Crippen molar-refractivity contribution in [2.45, 2.75) is 64.7 Å². The minimum atomic E-state index is -0.704. The van der Waals surface area contributed by atoms with E-state index in [1.54, 1.807) is 24.2 Å². The first kappa shape index (κ1) is 23.8. The molecule has 1 amide bonds. The van der Waals surface area contributed by atoms with E-state index in [4.69, 9.17) is 4.74 Å². The van der Waals surface area contributed by atoms with Gasteiger partial charge in [0, 0.05) is 26.2 Å². The van der Waals surface area contributed by atoms with Crippen LogP contribution < -0.4 is 4.74 Å². The van der Waals surface area contributed by atoms with Crippen LogP contribution >= 0.6 is 0 Å². The number of aliphatic carboxylic acids is 1. The normalized spacial score (nSPS) is 15.5. The maximum Gasteiger partial charge on any atom is 0.309 e. The van der Waals surface area contributed by atoms with E-state index >= 15 is 0 Å². The highest BCUT2D eigenvalue weighted by Gasteiger charge is 2.41. The summed E-state index contributed by atoms with van der Waals surface area (Å²) in [5.74, 6) is 0.100. The fourth-order valence-electron chi connectivity index (χ4n) is 4.31. The number of aromatic nitrogens is 3. The molecule has 2 aromatic heterocycles. The van der Waals surface area contributed by atoms with E-state index < -0.39 is 11.4 Å². The highest BCUT2D eigenvalue weighted by Crippen LogP contribution is 2.37. The number of H-pyrrole nitrogens is 1. The van der Waals surface area contributed by atoms with Crippen molar-refractivity contribution in [1.29, 1.82) is 0 Å². The summed E-state index contributed by atoms with van der Waals surface area (Å²) < 4.78 is 5.77. The number of ether oxygens (including phenoxy) is 1. The van der Waals surface area contributed by atoms with Crippen LogP contribution in [0.25, 0.3) is 11.4 Å². The van der Waals surface area contributed by atoms with Gasteiger partial charge in [0.05, 0.1) is 29.6 Å². The smallest absolute Gasteiger partial charge is 0.309 e. The summed E-state index contributed by atoms with van der Waals surface area (Å²) in [5.41, 5.74) is 1.07. The number of pyridine rings is 1. The number of rotatable bonds is 12. The second kappa shape index (κ2) is 11.6. The molecule has 0 atom stereocenters. The molecule has 8 heteroatoms. The molecule has 174 valence electrons. The third-order valence-electron chi connectivity index (χ3n) is 6.45. The molecule has 3 heterocycles. The van der Waals surface area contributed by atoms with Gasteiger partial charge in [0.2, 0.25) is 5.91 Å². The summed E-state index contributed by atoms with van der Waals surface area (Å²) in [6.07, 6.45) is 11.6. The topological polar surface area (TPSA) is 108 Å². The number of hydrogen-bond donors (Lipinski definition) is 2. The Kier molecular flexibility index (Phi) is 8.64. The Morgan fingerprint density at radius 2 is 1.81 bits per heavy atom. The number of carbonyl (C=O) groups is 2. The van der Waals surface area contributed by atoms with Crippen molar-refractivity contribution in [2.24, 2.45) is 5.41 Å². The lowest BCUT2D eigenvalue weighted by molar-refractivity contribution is -0.154. The van der Waals surface area contributed by atoms with Crippen LogP contribution in [-0.4, -0.2) is 56.8 Å². The molecular weight excluding hydrogens is 408 g/mol. The molecule has 0 unspecified atom stereocenters. The Hall–Kier alpha value is -2.90. The van der Waals surface area contributed by atoms with Gasteiger partial charge in [0.1, 0.15) is 5.75 Å². The average Bonchev–Trinajstić information content (AvgIpc) is 3.33. The lowest BCUT2D eigenvalue weighted by Gasteiger charge is -2.38. The number of carboxylic acids is 1. The monoisotopic (exact) mass is 442 g/mol. The van der Waals surface area contributed by atoms with Gasteiger partial charge in [-0.3, -0.25) is 19.7 Å². The molecule has 0 saturated carbocycles. The number of carbonyl (C=O) groups excluding carboxylic acids is 1. The summed E-state index contributed by atoms with van der Waals surface area (Å²) in [6, 6.07) is 5.71. The highest BCUT2D eigenvalue weighted by molar-refractivity contribution is 5.76. The first-order valence-electron chi connectivity index (χ1n) is 11.6. The zero-order valence-electron chi connectivity index (χ0n) is 18.9. The van der Waals surface area contributed by atoms with Crippen molar-refractivity contribution in [3.8, 4) is 17.1 Å². The number of unbranched alkanes of at least 4 members (excludes halogenated alkanes) is 5. The summed E-state index contributed by atoms with van der Waals surface area (Å²) in [7, 11) is 0. The number of hydrogen-bond acceptors (Lipinski definition) is 5. The van der Waals surface area contributed by atoms with Crippen LogP contribution in [0.15, 0.2) is 30.6 Å². The number of nitrogens with zero attached hydrogens (tertiary/aromatic N) is 3. The molecule has 0 aromatic carbocycles. The lowest BCUT2D eigenvalue weighted by atomic mass is 9.74. The Morgan fingerprint density at radius 3 is 2.41 bits per heavy atom. The third kappa shape index (κ3) is 6.55. The summed E-state index contributed by atoms with van der Waals surface area (Å²) in [4.78, 5) is 29.5. The molecule has 1 aliphatic rings. The van der Waals surface area contributed by atoms with Crippen LogP contribution in [0.2, 0.25) is 0 Å². The Labute approximate surface area is 189 Å². The van der Waals surface area contributed by atoms with E-state index in [9.17, 15) is 14.7 Å². The van der Waals surface area contributed by atoms with E-state index in [-0.39, 0.29) is 5.91 Å². The van der Waals surface area contributed by atoms with Crippen LogP contribution in [0.1, 0.15) is 64.7 Å². The molecule has 3 rings (SSSR count). The van der Waals surface area contributed by atoms with Gasteiger partial charge in [-0.25, -0.2) is 0 Å². The number of carboxylic acid groups (broad SMARTS) is 1. The standard InChI is InChI=1S/C24H34N4O4/c1-19(29)28-15-12-24(13-16-28,23(30)31)11-6-4-2-3-5-7-17-32-20-8-9-21(25-18-20)22-10-14-26-27-22/h8-10,14,18H,2-7,11-13,15-17H2,1H3,(H,26,27)(H,30,31). The predicted octanol–water partition coefficient (Wildman–Crippen LogP) is 4.29. The zero-order chi connectivity index (χ0) is 22.8. The molecule has 1 saturated heterocycles. The molecule has 0 bridgehead atoms. The van der Waals surface area contributed by atoms with E-state index in [2.05, 4.69) is 15.2 Å². The van der Waals surface area contributed by atoms with E-state index in [0.29, 0.717) is 39.0 Å². The molecule has 0 spiro atoms. The second-order valence-electron chi connectivity index (χ2n) is 8.66. The number of aromatic amines is 1. The summed E-state index contributed by atoms with van der Waals surface area (Å²) in [5, 5.41) is 16.6. The number of nitrogens with one attached hydrogen (secondary N) is 1. The van der Waals surface area contributed by atoms with Crippen molar-refractivity contribution in [1.82, 2.24) is 20.1 Å². The van der Waals surface area contributed by atoms with E-state index in [0.717, 1.165) is 55.7 Å². The third-order valence-corrected chi connectivity index (χ3v) is 6.45. The largest absolute Gasteiger partial charge is 0.492 e. The van der Waals surface area contributed by atoms with Gasteiger partial charge in [-0.15, -0.1) is 0 Å². The predicted molar refractivity (Wildman–Crippen MR) is 121 cm³/mol. The zero-order valence-corrected chi connectivity index (χ0v) is 18.9. The molecule has 2 aromatic rings. The number of likely N-dealkylation sites (tertiary alicyclic amines) is 1. The second-order valence-corrected chi connectivity index (χ2v) is 8.66. The highest BCUT2D eigenvalue weighted by atomic mass is 16.5. The Bertz CT molecular complexity index is 843. The maximum atomic E-state index is 11.9. The fraction of sp³-hybridized carbons (Fsp3) is 0.583. The lowest BCUT2D eigenvalue weighted by Crippen LogP contribution is -2.45. The molecule has 1 aliphatic heterocycles. The first-order valence-corrected chi connectivity index (χ1v) is 11.6. The van der Waals surface area contributed by atoms with E-state index in [1.165, 1.54) is 0 Å². The van der Waals surface area contributed by atoms with Crippen LogP contribution in [0.3, 0.4) is 0 Å². The van der Waals surface area contributed by atoms with E-state index in [1.807, 2.05) is 18.2 Å². The SMILES string of the molecule is CC(=O)N1CCC(CCCCCCCCOc2ccc(-c3ccn[nH]3)nc2)(C(=O)O)CC1. The van der Waals surface area contributed by atoms with Gasteiger partial charge in [-0.2, -0.15) is 5.10 Å². The van der Waals surface area contributed by atoms with Gasteiger partial charge in [-0.1, -0.05) is 32.1 Å². The minimum absolute atomic E-state index is 0.0374. The Morgan fingerprint density at radius 1 is 1.09 bits per heavy atom. The quantitative estimate of drug-likeness (QED) is 0.475. The molecule has 2 N–H and O–H groups in total. The van der Waals surface area contributed by atoms with Crippen molar-refractivity contribution < 1.29 is 19.4 Å². The van der Waals surface area contributed by atoms with Crippen molar-refractivity contribution >= 4 is 11.9 Å². The van der Waals surface area contributed by atoms with Crippen molar-refractivity contribution in [2.75, 3.05) is 19.7 Å². The molecule has 32 heavy (non-hydrogen) atoms. The molecular formula is C24H34N4O4. The molecule has 0 radical (unpaired) electrons.